The van der Waals surface area contributed by atoms with Crippen LogP contribution < -0.4 is 0 Å². The maximum Gasteiger partial charge on any atom is 0.419 e. The smallest absolute Gasteiger partial charge is 0.373 e. The Morgan fingerprint density at radius 2 is 1.71 bits per heavy atom. The van der Waals surface area contributed by atoms with E-state index < -0.39 is 28.9 Å². The molecule has 4 heterocycles. The van der Waals surface area contributed by atoms with Crippen molar-refractivity contribution in [2.75, 3.05) is 6.61 Å². The maximum atomic E-state index is 15.1. The Labute approximate surface area is 214 Å². The zero-order valence-corrected chi connectivity index (χ0v) is 20.6. The van der Waals surface area contributed by atoms with E-state index in [4.69, 9.17) is 4.74 Å². The molecule has 6 rings (SSSR count). The number of hydrogen-bond donors (Lipinski definition) is 0. The Balaban J connectivity index is 1.43. The van der Waals surface area contributed by atoms with Gasteiger partial charge in [-0.15, -0.1) is 0 Å². The first-order valence-electron chi connectivity index (χ1n) is 12.3. The molecule has 3 aromatic heterocycles. The second-order valence-corrected chi connectivity index (χ2v) is 9.85. The minimum atomic E-state index is -5.04. The van der Waals surface area contributed by atoms with Gasteiger partial charge in [-0.3, -0.25) is 4.68 Å². The standard InChI is InChI=1S/C26H23F5N6O/c1-12-13(2)34-25-23(33-12)22(17-5-6-18(26(29,30)31)21(28)20(17)27)35-24(36-25)14-7-8-38-19(9-14)15-10-32-37(11-15)16-3-4-16/h5-6,10-11,14,16,19H,3-4,7-9H2,1-2H3/t14-,19+/m0/s1. The first-order valence-corrected chi connectivity index (χ1v) is 12.3. The summed E-state index contributed by atoms with van der Waals surface area (Å²) < 4.78 is 77.1. The van der Waals surface area contributed by atoms with Gasteiger partial charge in [-0.05, 0) is 51.7 Å². The van der Waals surface area contributed by atoms with Crippen molar-refractivity contribution in [3.8, 4) is 11.3 Å². The fourth-order valence-corrected chi connectivity index (χ4v) is 4.77. The van der Waals surface area contributed by atoms with E-state index in [-0.39, 0.29) is 28.9 Å². The van der Waals surface area contributed by atoms with Crippen LogP contribution in [0.1, 0.15) is 72.1 Å². The van der Waals surface area contributed by atoms with Crippen LogP contribution in [0.3, 0.4) is 0 Å². The number of halogens is 5. The molecule has 0 amide bonds. The SMILES string of the molecule is Cc1nc2nc([C@H]3CCO[C@@H](c4cnn(C5CC5)c4)C3)nc(-c3ccc(C(F)(F)F)c(F)c3F)c2nc1C. The third-order valence-corrected chi connectivity index (χ3v) is 7.17. The van der Waals surface area contributed by atoms with Gasteiger partial charge in [0.1, 0.15) is 17.0 Å². The first-order chi connectivity index (χ1) is 18.1. The zero-order valence-electron chi connectivity index (χ0n) is 20.6. The van der Waals surface area contributed by atoms with Gasteiger partial charge in [0, 0.05) is 29.8 Å². The summed E-state index contributed by atoms with van der Waals surface area (Å²) in [6, 6.07) is 1.82. The molecule has 1 aliphatic heterocycles. The highest BCUT2D eigenvalue weighted by Crippen LogP contribution is 2.41. The monoisotopic (exact) mass is 530 g/mol. The third-order valence-electron chi connectivity index (χ3n) is 7.17. The molecule has 7 nitrogen and oxygen atoms in total. The van der Waals surface area contributed by atoms with Crippen LogP contribution in [0.25, 0.3) is 22.4 Å². The highest BCUT2D eigenvalue weighted by Gasteiger charge is 2.37. The topological polar surface area (TPSA) is 78.6 Å². The number of hydrogen-bond acceptors (Lipinski definition) is 6. The van der Waals surface area contributed by atoms with Crippen LogP contribution in [-0.4, -0.2) is 36.3 Å². The van der Waals surface area contributed by atoms with Crippen molar-refractivity contribution in [2.45, 2.75) is 63.8 Å². The second kappa shape index (κ2) is 9.04. The van der Waals surface area contributed by atoms with Gasteiger partial charge in [-0.25, -0.2) is 28.7 Å². The molecule has 0 radical (unpaired) electrons. The van der Waals surface area contributed by atoms with Crippen molar-refractivity contribution < 1.29 is 26.7 Å². The van der Waals surface area contributed by atoms with Crippen LogP contribution in [0.5, 0.6) is 0 Å². The highest BCUT2D eigenvalue weighted by atomic mass is 19.4. The van der Waals surface area contributed by atoms with E-state index >= 15 is 4.39 Å². The van der Waals surface area contributed by atoms with Crippen LogP contribution in [0.15, 0.2) is 24.5 Å². The molecule has 1 aliphatic carbocycles. The number of alkyl halides is 3. The average molecular weight is 531 g/mol. The van der Waals surface area contributed by atoms with Crippen LogP contribution in [0.2, 0.25) is 0 Å². The van der Waals surface area contributed by atoms with Crippen LogP contribution in [0.4, 0.5) is 22.0 Å². The number of aromatic nitrogens is 6. The molecule has 12 heteroatoms. The van der Waals surface area contributed by atoms with Crippen molar-refractivity contribution >= 4 is 11.2 Å². The van der Waals surface area contributed by atoms with Crippen LogP contribution in [0, 0.1) is 25.5 Å². The summed E-state index contributed by atoms with van der Waals surface area (Å²) in [5, 5.41) is 4.44. The van der Waals surface area contributed by atoms with Crippen molar-refractivity contribution in [3.05, 3.63) is 64.5 Å². The lowest BCUT2D eigenvalue weighted by Gasteiger charge is -2.28. The number of ether oxygens (including phenoxy) is 1. The van der Waals surface area contributed by atoms with Crippen LogP contribution in [-0.2, 0) is 10.9 Å². The summed E-state index contributed by atoms with van der Waals surface area (Å²) in [7, 11) is 0. The van der Waals surface area contributed by atoms with E-state index in [2.05, 4.69) is 25.0 Å². The van der Waals surface area contributed by atoms with Gasteiger partial charge in [-0.2, -0.15) is 18.3 Å². The first kappa shape index (κ1) is 24.8. The molecule has 2 aliphatic rings. The molecule has 2 atom stereocenters. The lowest BCUT2D eigenvalue weighted by atomic mass is 9.92. The zero-order chi connectivity index (χ0) is 26.8. The molecule has 0 spiro atoms. The van der Waals surface area contributed by atoms with E-state index in [0.29, 0.717) is 48.8 Å². The Morgan fingerprint density at radius 3 is 2.45 bits per heavy atom. The summed E-state index contributed by atoms with van der Waals surface area (Å²) in [6.07, 6.45) is 1.76. The van der Waals surface area contributed by atoms with Gasteiger partial charge < -0.3 is 4.74 Å². The van der Waals surface area contributed by atoms with Gasteiger partial charge in [0.25, 0.3) is 0 Å². The van der Waals surface area contributed by atoms with E-state index in [9.17, 15) is 17.6 Å². The largest absolute Gasteiger partial charge is 0.419 e. The normalized spacial score (nSPS) is 20.3. The Kier molecular flexibility index (Phi) is 5.89. The van der Waals surface area contributed by atoms with Gasteiger partial charge in [0.15, 0.2) is 17.3 Å². The van der Waals surface area contributed by atoms with Crippen LogP contribution >= 0.6 is 0 Å². The predicted octanol–water partition coefficient (Wildman–Crippen LogP) is 6.17. The molecule has 1 saturated heterocycles. The minimum Gasteiger partial charge on any atom is -0.373 e. The summed E-state index contributed by atoms with van der Waals surface area (Å²) in [4.78, 5) is 18.1. The summed E-state index contributed by atoms with van der Waals surface area (Å²) in [5.74, 6) is -3.53. The van der Waals surface area contributed by atoms with Gasteiger partial charge in [-0.1, -0.05) is 0 Å². The number of benzene rings is 1. The van der Waals surface area contributed by atoms with Gasteiger partial charge >= 0.3 is 6.18 Å². The summed E-state index contributed by atoms with van der Waals surface area (Å²) in [6.45, 7) is 3.85. The number of fused-ring (bicyclic) bond motifs is 1. The van der Waals surface area contributed by atoms with E-state index in [1.807, 2.05) is 10.9 Å². The molecular weight excluding hydrogens is 507 g/mol. The number of aryl methyl sites for hydroxylation is 2. The number of nitrogens with zero attached hydrogens (tertiary/aromatic N) is 6. The Bertz CT molecular complexity index is 1550. The Hall–Kier alpha value is -3.54. The molecule has 0 unspecified atom stereocenters. The Morgan fingerprint density at radius 1 is 0.947 bits per heavy atom. The molecular formula is C26H23F5N6O. The summed E-state index contributed by atoms with van der Waals surface area (Å²) in [5.41, 5.74) is 0.0679. The average Bonchev–Trinajstić information content (AvgIpc) is 3.61. The molecule has 38 heavy (non-hydrogen) atoms. The highest BCUT2D eigenvalue weighted by molar-refractivity contribution is 5.87. The molecule has 2 fully saturated rings. The fourth-order valence-electron chi connectivity index (χ4n) is 4.77. The maximum absolute atomic E-state index is 15.1. The quantitative estimate of drug-likeness (QED) is 0.294. The van der Waals surface area contributed by atoms with Crippen molar-refractivity contribution in [2.24, 2.45) is 0 Å². The molecule has 0 bridgehead atoms. The van der Waals surface area contributed by atoms with E-state index in [1.165, 1.54) is 0 Å². The molecule has 0 N–H and O–H groups in total. The number of rotatable bonds is 4. The fraction of sp³-hybridized carbons (Fsp3) is 0.423. The van der Waals surface area contributed by atoms with Crippen molar-refractivity contribution in [1.29, 1.82) is 0 Å². The van der Waals surface area contributed by atoms with Gasteiger partial charge in [0.05, 0.1) is 35.3 Å². The third kappa shape index (κ3) is 4.40. The lowest BCUT2D eigenvalue weighted by Crippen LogP contribution is -2.20. The van der Waals surface area contributed by atoms with E-state index in [1.54, 1.807) is 20.0 Å². The van der Waals surface area contributed by atoms with Crippen molar-refractivity contribution in [3.63, 3.8) is 0 Å². The molecule has 4 aromatic rings. The molecule has 1 saturated carbocycles. The molecule has 1 aromatic carbocycles. The van der Waals surface area contributed by atoms with Gasteiger partial charge in [0.2, 0.25) is 0 Å². The predicted molar refractivity (Wildman–Crippen MR) is 126 cm³/mol. The van der Waals surface area contributed by atoms with Crippen molar-refractivity contribution in [1.82, 2.24) is 29.7 Å². The minimum absolute atomic E-state index is 0.0872. The second-order valence-electron chi connectivity index (χ2n) is 9.85. The molecule has 198 valence electrons. The lowest BCUT2D eigenvalue weighted by molar-refractivity contribution is -0.140. The van der Waals surface area contributed by atoms with E-state index in [0.717, 1.165) is 24.5 Å². The summed E-state index contributed by atoms with van der Waals surface area (Å²) >= 11 is 0.